The molecule has 7 nitrogen and oxygen atoms in total. The number of carbonyl (C=O) groups is 1. The van der Waals surface area contributed by atoms with Crippen molar-refractivity contribution >= 4 is 5.91 Å². The maximum absolute atomic E-state index is 11.8. The second-order valence-electron chi connectivity index (χ2n) is 7.46. The van der Waals surface area contributed by atoms with E-state index in [0.717, 1.165) is 12.3 Å². The minimum Gasteiger partial charge on any atom is -0.446 e. The van der Waals surface area contributed by atoms with Gasteiger partial charge in [0.1, 0.15) is 0 Å². The Morgan fingerprint density at radius 1 is 1.36 bits per heavy atom. The largest absolute Gasteiger partial charge is 0.446 e. The summed E-state index contributed by atoms with van der Waals surface area (Å²) in [6.07, 6.45) is 9.32. The lowest BCUT2D eigenvalue weighted by Gasteiger charge is -2.26. The molecular weight excluding hydrogens is 322 g/mol. The van der Waals surface area contributed by atoms with Crippen LogP contribution < -0.4 is 10.5 Å². The average molecular weight is 352 g/mol. The summed E-state index contributed by atoms with van der Waals surface area (Å²) in [7, 11) is 0. The minimum atomic E-state index is -2.08. The molecule has 0 aliphatic heterocycles. The fourth-order valence-corrected chi connectivity index (χ4v) is 3.37. The Bertz CT molecular complexity index is 554. The van der Waals surface area contributed by atoms with Crippen molar-refractivity contribution in [3.8, 4) is 6.08 Å². The van der Waals surface area contributed by atoms with E-state index in [4.69, 9.17) is 14.9 Å². The monoisotopic (exact) mass is 352 g/mol. The number of rotatable bonds is 9. The van der Waals surface area contributed by atoms with Crippen LogP contribution in [0.4, 0.5) is 0 Å². The molecule has 3 N–H and O–H groups in total. The van der Waals surface area contributed by atoms with E-state index in [2.05, 4.69) is 17.1 Å². The third-order valence-corrected chi connectivity index (χ3v) is 4.72. The van der Waals surface area contributed by atoms with E-state index in [0.29, 0.717) is 12.3 Å². The van der Waals surface area contributed by atoms with Crippen LogP contribution in [-0.4, -0.2) is 27.3 Å². The van der Waals surface area contributed by atoms with Gasteiger partial charge in [0.2, 0.25) is 5.60 Å². The molecule has 2 rings (SSSR count). The number of hydrogen-bond acceptors (Lipinski definition) is 6. The van der Waals surface area contributed by atoms with Crippen molar-refractivity contribution in [2.24, 2.45) is 17.6 Å². The van der Waals surface area contributed by atoms with Gasteiger partial charge in [0.25, 0.3) is 11.8 Å². The van der Waals surface area contributed by atoms with Crippen molar-refractivity contribution < 1.29 is 19.1 Å². The van der Waals surface area contributed by atoms with E-state index in [1.165, 1.54) is 38.5 Å². The van der Waals surface area contributed by atoms with Crippen molar-refractivity contribution in [1.82, 2.24) is 10.2 Å². The van der Waals surface area contributed by atoms with E-state index in [9.17, 15) is 9.90 Å². The molecule has 2 atom stereocenters. The first kappa shape index (κ1) is 19.7. The van der Waals surface area contributed by atoms with E-state index >= 15 is 0 Å². The van der Waals surface area contributed by atoms with E-state index in [1.807, 2.05) is 13.8 Å². The van der Waals surface area contributed by atoms with E-state index in [-0.39, 0.29) is 18.1 Å². The van der Waals surface area contributed by atoms with Crippen LogP contribution in [0, 0.1) is 18.3 Å². The number of carbonyl (C=O) groups excluding carboxylic acids is 1. The molecule has 7 heteroatoms. The molecule has 1 aromatic rings. The highest BCUT2D eigenvalue weighted by atomic mass is 16.6. The zero-order valence-corrected chi connectivity index (χ0v) is 15.4. The van der Waals surface area contributed by atoms with Crippen molar-refractivity contribution in [2.45, 2.75) is 77.4 Å². The predicted molar refractivity (Wildman–Crippen MR) is 92.4 cm³/mol. The molecule has 0 spiro atoms. The van der Waals surface area contributed by atoms with Gasteiger partial charge in [-0.3, -0.25) is 4.79 Å². The Hall–Kier alpha value is -1.63. The molecule has 0 aromatic carbocycles. The van der Waals surface area contributed by atoms with Gasteiger partial charge in [-0.2, -0.15) is 0 Å². The summed E-state index contributed by atoms with van der Waals surface area (Å²) in [5.41, 5.74) is 3.32. The Morgan fingerprint density at radius 3 is 2.64 bits per heavy atom. The number of nitrogens with two attached hydrogens (primary N) is 1. The Kier molecular flexibility index (Phi) is 6.81. The molecule has 1 heterocycles. The molecule has 0 bridgehead atoms. The molecule has 0 saturated heterocycles. The van der Waals surface area contributed by atoms with Gasteiger partial charge in [-0.1, -0.05) is 44.1 Å². The Balaban J connectivity index is 1.96. The molecule has 1 saturated carbocycles. The highest BCUT2D eigenvalue weighted by Crippen LogP contribution is 2.33. The number of nitrogens with zero attached hydrogens (tertiary/aromatic N) is 2. The first-order valence-corrected chi connectivity index (χ1v) is 9.18. The first-order valence-electron chi connectivity index (χ1n) is 9.18. The van der Waals surface area contributed by atoms with Gasteiger partial charge in [0.05, 0.1) is 6.10 Å². The molecule has 1 fully saturated rings. The van der Waals surface area contributed by atoms with Crippen molar-refractivity contribution in [1.29, 1.82) is 0 Å². The summed E-state index contributed by atoms with van der Waals surface area (Å²) in [5.74, 6) is -0.116. The van der Waals surface area contributed by atoms with Gasteiger partial charge in [-0.05, 0) is 38.5 Å². The number of amides is 1. The number of primary amides is 1. The smallest absolute Gasteiger partial charge is 0.415 e. The molecule has 1 aliphatic rings. The predicted octanol–water partition coefficient (Wildman–Crippen LogP) is 2.73. The summed E-state index contributed by atoms with van der Waals surface area (Å²) in [6, 6.07) is 0. The van der Waals surface area contributed by atoms with Crippen molar-refractivity contribution in [2.75, 3.05) is 0 Å². The molecular formula is C18H30N3O4. The molecule has 25 heavy (non-hydrogen) atoms. The number of aliphatic hydroxyl groups is 1. The van der Waals surface area contributed by atoms with Gasteiger partial charge in [0, 0.05) is 6.42 Å². The SMILES string of the molecule is CC(C[CH]C(O)(C(N)=O)c1nnc(OC(C)C)o1)CC1CCCCC1. The number of hydrogen-bond donors (Lipinski definition) is 2. The van der Waals surface area contributed by atoms with Crippen molar-refractivity contribution in [3.63, 3.8) is 0 Å². The summed E-state index contributed by atoms with van der Waals surface area (Å²) >= 11 is 0. The van der Waals surface area contributed by atoms with Gasteiger partial charge < -0.3 is 20.0 Å². The fourth-order valence-electron chi connectivity index (χ4n) is 3.37. The highest BCUT2D eigenvalue weighted by Gasteiger charge is 2.42. The minimum absolute atomic E-state index is 0.0895. The van der Waals surface area contributed by atoms with E-state index in [1.54, 1.807) is 0 Å². The van der Waals surface area contributed by atoms with Gasteiger partial charge in [-0.25, -0.2) is 0 Å². The van der Waals surface area contributed by atoms with Crippen LogP contribution in [0.2, 0.25) is 0 Å². The molecule has 141 valence electrons. The molecule has 1 radical (unpaired) electrons. The normalized spacial score (nSPS) is 19.6. The lowest BCUT2D eigenvalue weighted by atomic mass is 9.81. The maximum atomic E-state index is 11.8. The second-order valence-corrected chi connectivity index (χ2v) is 7.46. The fraction of sp³-hybridized carbons (Fsp3) is 0.778. The summed E-state index contributed by atoms with van der Waals surface area (Å²) in [6.45, 7) is 5.74. The lowest BCUT2D eigenvalue weighted by molar-refractivity contribution is -0.136. The third-order valence-electron chi connectivity index (χ3n) is 4.72. The standard InChI is InChI=1S/C18H30N3O4/c1-12(2)24-17-21-20-16(25-17)18(23,15(19)22)10-9-13(3)11-14-7-5-4-6-8-14/h10,12-14,23H,4-9,11H2,1-3H3,(H2,19,22). The maximum Gasteiger partial charge on any atom is 0.415 e. The zero-order chi connectivity index (χ0) is 18.4. The topological polar surface area (TPSA) is 111 Å². The van der Waals surface area contributed by atoms with Crippen LogP contribution in [0.3, 0.4) is 0 Å². The second kappa shape index (κ2) is 8.65. The van der Waals surface area contributed by atoms with Crippen LogP contribution in [0.25, 0.3) is 0 Å². The summed E-state index contributed by atoms with van der Waals surface area (Å²) < 4.78 is 10.6. The summed E-state index contributed by atoms with van der Waals surface area (Å²) in [4.78, 5) is 11.8. The van der Waals surface area contributed by atoms with Crippen LogP contribution in [0.1, 0.15) is 71.6 Å². The molecule has 2 unspecified atom stereocenters. The number of ether oxygens (including phenoxy) is 1. The lowest BCUT2D eigenvalue weighted by Crippen LogP contribution is -2.42. The van der Waals surface area contributed by atoms with Crippen molar-refractivity contribution in [3.05, 3.63) is 12.3 Å². The van der Waals surface area contributed by atoms with Crippen LogP contribution >= 0.6 is 0 Å². The van der Waals surface area contributed by atoms with Gasteiger partial charge in [-0.15, -0.1) is 5.10 Å². The van der Waals surface area contributed by atoms with Gasteiger partial charge in [0.15, 0.2) is 0 Å². The zero-order valence-electron chi connectivity index (χ0n) is 15.4. The quantitative estimate of drug-likeness (QED) is 0.707. The van der Waals surface area contributed by atoms with Gasteiger partial charge >= 0.3 is 6.08 Å². The van der Waals surface area contributed by atoms with Crippen LogP contribution in [0.5, 0.6) is 6.08 Å². The molecule has 1 amide bonds. The van der Waals surface area contributed by atoms with E-state index < -0.39 is 11.5 Å². The third kappa shape index (κ3) is 5.42. The van der Waals surface area contributed by atoms with Crippen LogP contribution in [-0.2, 0) is 10.4 Å². The Labute approximate surface area is 149 Å². The molecule has 1 aromatic heterocycles. The summed E-state index contributed by atoms with van der Waals surface area (Å²) in [5, 5.41) is 18.1. The first-order chi connectivity index (χ1) is 11.8. The average Bonchev–Trinajstić information content (AvgIpc) is 3.01. The Morgan fingerprint density at radius 2 is 2.04 bits per heavy atom. The highest BCUT2D eigenvalue weighted by molar-refractivity contribution is 5.85. The number of aromatic nitrogens is 2. The van der Waals surface area contributed by atoms with Crippen LogP contribution in [0.15, 0.2) is 4.42 Å². The molecule has 1 aliphatic carbocycles.